The molecule has 0 aliphatic heterocycles. The maximum Gasteiger partial charge on any atom is 0.0918 e. The quantitative estimate of drug-likeness (QED) is 0.773. The summed E-state index contributed by atoms with van der Waals surface area (Å²) in [6.07, 6.45) is 3.59. The number of hydrogen-bond acceptors (Lipinski definition) is 2. The molecule has 0 atom stereocenters. The van der Waals surface area contributed by atoms with Crippen LogP contribution in [0.4, 0.5) is 0 Å². The molecule has 82 valence electrons. The first-order valence-electron chi connectivity index (χ1n) is 4.82. The third kappa shape index (κ3) is 2.33. The van der Waals surface area contributed by atoms with Crippen LogP contribution in [-0.2, 0) is 0 Å². The van der Waals surface area contributed by atoms with E-state index in [1.54, 1.807) is 12.4 Å². The summed E-state index contributed by atoms with van der Waals surface area (Å²) >= 11 is 6.82. The van der Waals surface area contributed by atoms with Crippen LogP contribution >= 0.6 is 31.9 Å². The molecule has 0 spiro atoms. The van der Waals surface area contributed by atoms with Crippen molar-refractivity contribution in [3.05, 3.63) is 44.6 Å². The highest BCUT2D eigenvalue weighted by Crippen LogP contribution is 2.25. The molecule has 4 heteroatoms. The number of hydrogen-bond donors (Lipinski definition) is 0. The summed E-state index contributed by atoms with van der Waals surface area (Å²) in [6, 6.07) is 4.09. The molecule has 0 amide bonds. The zero-order valence-corrected chi connectivity index (χ0v) is 12.1. The van der Waals surface area contributed by atoms with Crippen molar-refractivity contribution >= 4 is 31.9 Å². The Morgan fingerprint density at radius 1 is 0.812 bits per heavy atom. The molecule has 0 saturated carbocycles. The second-order valence-electron chi connectivity index (χ2n) is 3.64. The third-order valence-electron chi connectivity index (χ3n) is 2.31. The second-order valence-corrected chi connectivity index (χ2v) is 5.47. The van der Waals surface area contributed by atoms with Crippen molar-refractivity contribution in [2.45, 2.75) is 13.8 Å². The van der Waals surface area contributed by atoms with E-state index < -0.39 is 0 Å². The van der Waals surface area contributed by atoms with Crippen molar-refractivity contribution in [3.63, 3.8) is 0 Å². The summed E-state index contributed by atoms with van der Waals surface area (Å²) in [5.41, 5.74) is 4.11. The maximum atomic E-state index is 4.41. The lowest BCUT2D eigenvalue weighted by molar-refractivity contribution is 1.17. The number of aromatic nitrogens is 2. The fourth-order valence-electron chi connectivity index (χ4n) is 1.58. The van der Waals surface area contributed by atoms with Crippen LogP contribution in [0.25, 0.3) is 11.4 Å². The number of pyridine rings is 2. The Morgan fingerprint density at radius 2 is 1.19 bits per heavy atom. The highest BCUT2D eigenvalue weighted by Gasteiger charge is 2.08. The molecule has 0 saturated heterocycles. The Kier molecular flexibility index (Phi) is 3.40. The lowest BCUT2D eigenvalue weighted by Crippen LogP contribution is -1.94. The van der Waals surface area contributed by atoms with Crippen LogP contribution in [0.2, 0.25) is 0 Å². The number of aryl methyl sites for hydroxylation is 2. The lowest BCUT2D eigenvalue weighted by Gasteiger charge is -2.07. The summed E-state index contributed by atoms with van der Waals surface area (Å²) < 4.78 is 1.98. The summed E-state index contributed by atoms with van der Waals surface area (Å²) in [5, 5.41) is 0. The molecule has 0 bridgehead atoms. The first-order chi connectivity index (χ1) is 7.58. The third-order valence-corrected chi connectivity index (χ3v) is 3.18. The molecule has 0 N–H and O–H groups in total. The molecule has 2 nitrogen and oxygen atoms in total. The van der Waals surface area contributed by atoms with Gasteiger partial charge in [-0.25, -0.2) is 0 Å². The first kappa shape index (κ1) is 11.7. The normalized spacial score (nSPS) is 10.5. The minimum Gasteiger partial charge on any atom is -0.253 e. The molecule has 0 unspecified atom stereocenters. The van der Waals surface area contributed by atoms with E-state index in [4.69, 9.17) is 0 Å². The topological polar surface area (TPSA) is 25.8 Å². The number of halogens is 2. The van der Waals surface area contributed by atoms with E-state index in [1.807, 2.05) is 26.0 Å². The average molecular weight is 342 g/mol. The van der Waals surface area contributed by atoms with Gasteiger partial charge in [0.1, 0.15) is 0 Å². The van der Waals surface area contributed by atoms with Gasteiger partial charge in [-0.05, 0) is 69.0 Å². The van der Waals surface area contributed by atoms with Crippen LogP contribution in [0.1, 0.15) is 11.1 Å². The van der Waals surface area contributed by atoms with Gasteiger partial charge in [-0.15, -0.1) is 0 Å². The molecule has 2 aromatic rings. The maximum absolute atomic E-state index is 4.41. The van der Waals surface area contributed by atoms with Gasteiger partial charge in [0.2, 0.25) is 0 Å². The van der Waals surface area contributed by atoms with Gasteiger partial charge in [0.25, 0.3) is 0 Å². The van der Waals surface area contributed by atoms with Crippen LogP contribution in [-0.4, -0.2) is 9.97 Å². The monoisotopic (exact) mass is 340 g/mol. The van der Waals surface area contributed by atoms with Gasteiger partial charge in [0.05, 0.1) is 11.4 Å². The summed E-state index contributed by atoms with van der Waals surface area (Å²) in [6.45, 7) is 4.08. The highest BCUT2D eigenvalue weighted by atomic mass is 79.9. The Bertz CT molecular complexity index is 489. The smallest absolute Gasteiger partial charge is 0.0918 e. The molecule has 0 fully saturated rings. The van der Waals surface area contributed by atoms with Gasteiger partial charge in [-0.2, -0.15) is 0 Å². The Morgan fingerprint density at radius 3 is 1.50 bits per heavy atom. The average Bonchev–Trinajstić information content (AvgIpc) is 2.19. The zero-order chi connectivity index (χ0) is 11.7. The fourth-order valence-corrected chi connectivity index (χ4v) is 2.47. The molecule has 2 aromatic heterocycles. The van der Waals surface area contributed by atoms with Crippen molar-refractivity contribution in [2.75, 3.05) is 0 Å². The summed E-state index contributed by atoms with van der Waals surface area (Å²) in [4.78, 5) is 8.83. The van der Waals surface area contributed by atoms with Crippen molar-refractivity contribution in [1.29, 1.82) is 0 Å². The molecule has 0 radical (unpaired) electrons. The van der Waals surface area contributed by atoms with E-state index in [2.05, 4.69) is 41.8 Å². The molecule has 2 rings (SSSR count). The standard InChI is InChI=1S/C12H10Br2N2/c1-7-3-9(13)5-15-11(7)12-8(2)4-10(14)6-16-12/h3-6H,1-2H3. The van der Waals surface area contributed by atoms with Gasteiger partial charge in [-0.3, -0.25) is 9.97 Å². The Balaban J connectivity index is 2.59. The molecule has 0 aliphatic rings. The van der Waals surface area contributed by atoms with Crippen LogP contribution in [0, 0.1) is 13.8 Å². The van der Waals surface area contributed by atoms with E-state index in [-0.39, 0.29) is 0 Å². The van der Waals surface area contributed by atoms with E-state index in [9.17, 15) is 0 Å². The lowest BCUT2D eigenvalue weighted by atomic mass is 10.1. The Labute approximate surface area is 111 Å². The van der Waals surface area contributed by atoms with Crippen LogP contribution in [0.3, 0.4) is 0 Å². The van der Waals surface area contributed by atoms with E-state index in [0.717, 1.165) is 31.5 Å². The second kappa shape index (κ2) is 4.63. The summed E-state index contributed by atoms with van der Waals surface area (Å²) in [5.74, 6) is 0. The highest BCUT2D eigenvalue weighted by molar-refractivity contribution is 9.10. The Hall–Kier alpha value is -0.740. The van der Waals surface area contributed by atoms with Crippen LogP contribution in [0.15, 0.2) is 33.5 Å². The number of nitrogens with zero attached hydrogens (tertiary/aromatic N) is 2. The van der Waals surface area contributed by atoms with Gasteiger partial charge in [0, 0.05) is 21.3 Å². The van der Waals surface area contributed by atoms with E-state index >= 15 is 0 Å². The van der Waals surface area contributed by atoms with Gasteiger partial charge < -0.3 is 0 Å². The largest absolute Gasteiger partial charge is 0.253 e. The van der Waals surface area contributed by atoms with Gasteiger partial charge in [-0.1, -0.05) is 0 Å². The minimum atomic E-state index is 0.938. The summed E-state index contributed by atoms with van der Waals surface area (Å²) in [7, 11) is 0. The van der Waals surface area contributed by atoms with E-state index in [0.29, 0.717) is 0 Å². The molecule has 2 heterocycles. The van der Waals surface area contributed by atoms with E-state index in [1.165, 1.54) is 0 Å². The predicted octanol–water partition coefficient (Wildman–Crippen LogP) is 4.29. The molecular formula is C12H10Br2N2. The molecule has 0 aromatic carbocycles. The van der Waals surface area contributed by atoms with Crippen molar-refractivity contribution in [1.82, 2.24) is 9.97 Å². The fraction of sp³-hybridized carbons (Fsp3) is 0.167. The number of rotatable bonds is 1. The predicted molar refractivity (Wildman–Crippen MR) is 72.3 cm³/mol. The van der Waals surface area contributed by atoms with Crippen LogP contribution in [0.5, 0.6) is 0 Å². The SMILES string of the molecule is Cc1cc(Br)cnc1-c1ncc(Br)cc1C. The molecule has 0 aliphatic carbocycles. The van der Waals surface area contributed by atoms with Crippen molar-refractivity contribution < 1.29 is 0 Å². The molecular weight excluding hydrogens is 332 g/mol. The molecule has 16 heavy (non-hydrogen) atoms. The first-order valence-corrected chi connectivity index (χ1v) is 6.41. The van der Waals surface area contributed by atoms with Gasteiger partial charge in [0.15, 0.2) is 0 Å². The van der Waals surface area contributed by atoms with Crippen molar-refractivity contribution in [3.8, 4) is 11.4 Å². The van der Waals surface area contributed by atoms with Crippen LogP contribution < -0.4 is 0 Å². The minimum absolute atomic E-state index is 0.938. The van der Waals surface area contributed by atoms with Crippen molar-refractivity contribution in [2.24, 2.45) is 0 Å². The van der Waals surface area contributed by atoms with Gasteiger partial charge >= 0.3 is 0 Å². The zero-order valence-electron chi connectivity index (χ0n) is 8.96.